The first kappa shape index (κ1) is 9.50. The molecule has 0 amide bonds. The normalized spacial score (nSPS) is 7.27. The van der Waals surface area contributed by atoms with Crippen LogP contribution in [0.4, 0.5) is 0 Å². The minimum Gasteiger partial charge on any atom is -0.516 e. The van der Waals surface area contributed by atoms with Gasteiger partial charge in [0.2, 0.25) is 0 Å². The molecule has 0 bridgehead atoms. The molecule has 0 aliphatic carbocycles. The lowest BCUT2D eigenvalue weighted by molar-refractivity contribution is 0.476. The quantitative estimate of drug-likeness (QED) is 0.607. The van der Waals surface area contributed by atoms with E-state index >= 15 is 0 Å². The molecule has 0 fully saturated rings. The van der Waals surface area contributed by atoms with Crippen molar-refractivity contribution in [3.05, 3.63) is 55.3 Å². The molecule has 0 saturated carbocycles. The van der Waals surface area contributed by atoms with Crippen LogP contribution in [0.25, 0.3) is 6.08 Å². The van der Waals surface area contributed by atoms with Crippen LogP contribution in [0.5, 0.6) is 0 Å². The van der Waals surface area contributed by atoms with E-state index in [0.29, 0.717) is 0 Å². The Labute approximate surface area is 67.3 Å². The average molecular weight is 148 g/mol. The minimum atomic E-state index is 0.750. The van der Waals surface area contributed by atoms with Crippen molar-refractivity contribution in [1.29, 1.82) is 0 Å². The second-order valence-corrected chi connectivity index (χ2v) is 1.80. The Bertz CT molecular complexity index is 201. The molecule has 0 unspecified atom stereocenters. The highest BCUT2D eigenvalue weighted by atomic mass is 16.2. The van der Waals surface area contributed by atoms with E-state index in [1.165, 1.54) is 5.56 Å². The zero-order chi connectivity index (χ0) is 8.53. The van der Waals surface area contributed by atoms with Gasteiger partial charge in [-0.15, -0.1) is 0 Å². The molecule has 0 aliphatic heterocycles. The third kappa shape index (κ3) is 4.97. The fourth-order valence-corrected chi connectivity index (χ4v) is 0.589. The molecule has 0 heterocycles. The Kier molecular flexibility index (Phi) is 5.72. The average Bonchev–Trinajstić information content (AvgIpc) is 2.08. The van der Waals surface area contributed by atoms with E-state index in [0.717, 1.165) is 6.26 Å². The monoisotopic (exact) mass is 148 g/mol. The number of aliphatic hydroxyl groups excluding tert-OH is 1. The summed E-state index contributed by atoms with van der Waals surface area (Å²) in [6.45, 7) is 6.55. The SMILES string of the molecule is C=CO.C=Cc1ccccc1. The molecule has 1 heteroatoms. The summed E-state index contributed by atoms with van der Waals surface area (Å²) in [6.07, 6.45) is 2.58. The summed E-state index contributed by atoms with van der Waals surface area (Å²) in [5, 5.41) is 7.33. The Morgan fingerprint density at radius 2 is 1.55 bits per heavy atom. The maximum absolute atomic E-state index is 7.33. The van der Waals surface area contributed by atoms with Crippen molar-refractivity contribution in [3.63, 3.8) is 0 Å². The predicted molar refractivity (Wildman–Crippen MR) is 49.4 cm³/mol. The summed E-state index contributed by atoms with van der Waals surface area (Å²) in [6, 6.07) is 10.0. The Morgan fingerprint density at radius 3 is 1.82 bits per heavy atom. The molecule has 0 atom stereocenters. The van der Waals surface area contributed by atoms with E-state index in [-0.39, 0.29) is 0 Å². The fourth-order valence-electron chi connectivity index (χ4n) is 0.589. The summed E-state index contributed by atoms with van der Waals surface area (Å²) in [7, 11) is 0. The van der Waals surface area contributed by atoms with Crippen molar-refractivity contribution in [1.82, 2.24) is 0 Å². The van der Waals surface area contributed by atoms with Crippen molar-refractivity contribution >= 4 is 6.08 Å². The van der Waals surface area contributed by atoms with Crippen LogP contribution in [-0.4, -0.2) is 5.11 Å². The Hall–Kier alpha value is -1.50. The lowest BCUT2D eigenvalue weighted by Gasteiger charge is -1.85. The molecule has 1 N–H and O–H groups in total. The van der Waals surface area contributed by atoms with E-state index in [4.69, 9.17) is 5.11 Å². The number of benzene rings is 1. The molecule has 1 nitrogen and oxygen atoms in total. The van der Waals surface area contributed by atoms with Crippen LogP contribution in [0.2, 0.25) is 0 Å². The maximum atomic E-state index is 7.33. The maximum Gasteiger partial charge on any atom is 0.0719 e. The summed E-state index contributed by atoms with van der Waals surface area (Å²) in [5.74, 6) is 0. The van der Waals surface area contributed by atoms with Gasteiger partial charge in [-0.2, -0.15) is 0 Å². The molecule has 58 valence electrons. The summed E-state index contributed by atoms with van der Waals surface area (Å²) in [5.41, 5.74) is 1.17. The molecule has 0 aromatic heterocycles. The van der Waals surface area contributed by atoms with Gasteiger partial charge in [-0.1, -0.05) is 49.6 Å². The molecule has 1 rings (SSSR count). The third-order valence-electron chi connectivity index (χ3n) is 1.04. The minimum absolute atomic E-state index is 0.750. The molecule has 0 aliphatic rings. The van der Waals surface area contributed by atoms with Gasteiger partial charge in [0.1, 0.15) is 0 Å². The molecule has 0 radical (unpaired) electrons. The molecule has 1 aromatic carbocycles. The lowest BCUT2D eigenvalue weighted by Crippen LogP contribution is -1.63. The van der Waals surface area contributed by atoms with Crippen LogP contribution >= 0.6 is 0 Å². The van der Waals surface area contributed by atoms with Crippen molar-refractivity contribution in [3.8, 4) is 0 Å². The zero-order valence-corrected chi connectivity index (χ0v) is 6.40. The highest BCUT2D eigenvalue weighted by molar-refractivity contribution is 5.45. The zero-order valence-electron chi connectivity index (χ0n) is 6.40. The predicted octanol–water partition coefficient (Wildman–Crippen LogP) is 3.02. The van der Waals surface area contributed by atoms with Crippen LogP contribution in [0.1, 0.15) is 5.56 Å². The molecule has 0 spiro atoms. The van der Waals surface area contributed by atoms with Crippen molar-refractivity contribution in [2.75, 3.05) is 0 Å². The van der Waals surface area contributed by atoms with Crippen molar-refractivity contribution < 1.29 is 5.11 Å². The largest absolute Gasteiger partial charge is 0.516 e. The number of hydrogen-bond acceptors (Lipinski definition) is 1. The van der Waals surface area contributed by atoms with Crippen molar-refractivity contribution in [2.45, 2.75) is 0 Å². The molecule has 0 saturated heterocycles. The van der Waals surface area contributed by atoms with Crippen molar-refractivity contribution in [2.24, 2.45) is 0 Å². The lowest BCUT2D eigenvalue weighted by atomic mass is 10.2. The van der Waals surface area contributed by atoms with Crippen LogP contribution in [0, 0.1) is 0 Å². The van der Waals surface area contributed by atoms with E-state index in [1.54, 1.807) is 0 Å². The van der Waals surface area contributed by atoms with Crippen LogP contribution < -0.4 is 0 Å². The Balaban J connectivity index is 0.000000292. The fraction of sp³-hybridized carbons (Fsp3) is 0. The summed E-state index contributed by atoms with van der Waals surface area (Å²) >= 11 is 0. The number of rotatable bonds is 1. The highest BCUT2D eigenvalue weighted by Gasteiger charge is 1.75. The van der Waals surface area contributed by atoms with Crippen LogP contribution in [-0.2, 0) is 0 Å². The van der Waals surface area contributed by atoms with Gasteiger partial charge in [-0.25, -0.2) is 0 Å². The van der Waals surface area contributed by atoms with Crippen LogP contribution in [0.3, 0.4) is 0 Å². The Morgan fingerprint density at radius 1 is 1.09 bits per heavy atom. The standard InChI is InChI=1S/C8H8.C2H4O/c1-2-8-6-4-3-5-7-8;1-2-3/h2-7H,1H2;2-3H,1H2. The van der Waals surface area contributed by atoms with Crippen LogP contribution in [0.15, 0.2) is 49.8 Å². The molecule has 1 aromatic rings. The smallest absolute Gasteiger partial charge is 0.0719 e. The van der Waals surface area contributed by atoms with E-state index in [9.17, 15) is 0 Å². The molecular formula is C10H12O. The molecule has 11 heavy (non-hydrogen) atoms. The summed E-state index contributed by atoms with van der Waals surface area (Å²) < 4.78 is 0. The van der Waals surface area contributed by atoms with E-state index in [1.807, 2.05) is 36.4 Å². The van der Waals surface area contributed by atoms with Gasteiger partial charge >= 0.3 is 0 Å². The highest BCUT2D eigenvalue weighted by Crippen LogP contribution is 1.97. The van der Waals surface area contributed by atoms with E-state index in [2.05, 4.69) is 13.2 Å². The number of hydrogen-bond donors (Lipinski definition) is 1. The van der Waals surface area contributed by atoms with Gasteiger partial charge in [-0.05, 0) is 5.56 Å². The van der Waals surface area contributed by atoms with Gasteiger partial charge in [-0.3, -0.25) is 0 Å². The first-order chi connectivity index (χ1) is 5.35. The second kappa shape index (κ2) is 6.62. The summed E-state index contributed by atoms with van der Waals surface area (Å²) in [4.78, 5) is 0. The first-order valence-electron chi connectivity index (χ1n) is 3.27. The van der Waals surface area contributed by atoms with Gasteiger partial charge in [0.25, 0.3) is 0 Å². The van der Waals surface area contributed by atoms with Gasteiger partial charge < -0.3 is 5.11 Å². The number of aliphatic hydroxyl groups is 1. The van der Waals surface area contributed by atoms with Gasteiger partial charge in [0.05, 0.1) is 6.26 Å². The first-order valence-corrected chi connectivity index (χ1v) is 3.27. The third-order valence-corrected chi connectivity index (χ3v) is 1.04. The topological polar surface area (TPSA) is 20.2 Å². The van der Waals surface area contributed by atoms with Gasteiger partial charge in [0.15, 0.2) is 0 Å². The second-order valence-electron chi connectivity index (χ2n) is 1.80. The van der Waals surface area contributed by atoms with E-state index < -0.39 is 0 Å². The molecular weight excluding hydrogens is 136 g/mol. The van der Waals surface area contributed by atoms with Gasteiger partial charge in [0, 0.05) is 0 Å².